The summed E-state index contributed by atoms with van der Waals surface area (Å²) in [6, 6.07) is 14.7. The fourth-order valence-electron chi connectivity index (χ4n) is 3.35. The number of rotatable bonds is 4. The van der Waals surface area contributed by atoms with Crippen LogP contribution < -0.4 is 5.32 Å². The number of fused-ring (bicyclic) bond motifs is 2. The van der Waals surface area contributed by atoms with E-state index >= 15 is 0 Å². The van der Waals surface area contributed by atoms with Crippen molar-refractivity contribution in [3.8, 4) is 0 Å². The largest absolute Gasteiger partial charge is 0.449 e. The first kappa shape index (κ1) is 21.6. The number of benzene rings is 3. The number of halogens is 2. The van der Waals surface area contributed by atoms with E-state index in [1.165, 1.54) is 37.3 Å². The molecule has 0 saturated heterocycles. The van der Waals surface area contributed by atoms with Crippen molar-refractivity contribution in [2.75, 3.05) is 5.32 Å². The fraction of sp³-hybridized carbons (Fsp3) is 0.0833. The van der Waals surface area contributed by atoms with Gasteiger partial charge in [0.2, 0.25) is 0 Å². The average Bonchev–Trinajstić information content (AvgIpc) is 2.78. The van der Waals surface area contributed by atoms with Gasteiger partial charge in [0.15, 0.2) is 17.7 Å². The molecule has 3 aromatic carbocycles. The topological polar surface area (TPSA) is 89.5 Å². The molecule has 0 aromatic heterocycles. The van der Waals surface area contributed by atoms with Gasteiger partial charge in [-0.05, 0) is 43.3 Å². The summed E-state index contributed by atoms with van der Waals surface area (Å²) in [5, 5.41) is 2.55. The van der Waals surface area contributed by atoms with E-state index in [0.717, 1.165) is 6.07 Å². The second kappa shape index (κ2) is 8.47. The number of hydrogen-bond donors (Lipinski definition) is 1. The zero-order valence-electron chi connectivity index (χ0n) is 16.6. The predicted molar refractivity (Wildman–Crippen MR) is 117 cm³/mol. The number of carbonyl (C=O) groups excluding carboxylic acids is 4. The van der Waals surface area contributed by atoms with Crippen LogP contribution in [-0.2, 0) is 9.53 Å². The van der Waals surface area contributed by atoms with E-state index < -0.39 is 23.8 Å². The van der Waals surface area contributed by atoms with Crippen molar-refractivity contribution >= 4 is 45.1 Å². The summed E-state index contributed by atoms with van der Waals surface area (Å²) in [6.07, 6.45) is -1.24. The molecule has 160 valence electrons. The van der Waals surface area contributed by atoms with Gasteiger partial charge in [-0.3, -0.25) is 14.4 Å². The van der Waals surface area contributed by atoms with Gasteiger partial charge < -0.3 is 10.1 Å². The number of ketones is 2. The Morgan fingerprint density at radius 3 is 2.22 bits per heavy atom. The lowest BCUT2D eigenvalue weighted by Crippen LogP contribution is -2.30. The number of carbonyl (C=O) groups is 4. The maximum atomic E-state index is 13.9. The molecule has 0 spiro atoms. The van der Waals surface area contributed by atoms with Gasteiger partial charge in [0.05, 0.1) is 5.56 Å². The molecular formula is C24H15BrFNO5. The molecule has 0 fully saturated rings. The molecule has 0 heterocycles. The SMILES string of the molecule is CC(OC(=O)c1cc(Br)ccc1F)C(=O)Nc1ccc2c(c1)C(=O)c1ccccc1C2=O. The Kier molecular flexibility index (Phi) is 5.71. The smallest absolute Gasteiger partial charge is 0.341 e. The summed E-state index contributed by atoms with van der Waals surface area (Å²) in [4.78, 5) is 50.2. The molecule has 0 aliphatic heterocycles. The number of amides is 1. The minimum Gasteiger partial charge on any atom is -0.449 e. The van der Waals surface area contributed by atoms with Gasteiger partial charge in [0, 0.05) is 32.4 Å². The van der Waals surface area contributed by atoms with Crippen LogP contribution in [0.25, 0.3) is 0 Å². The Bertz CT molecular complexity index is 1300. The third kappa shape index (κ3) is 3.97. The second-order valence-corrected chi connectivity index (χ2v) is 8.04. The van der Waals surface area contributed by atoms with Crippen molar-refractivity contribution in [2.24, 2.45) is 0 Å². The lowest BCUT2D eigenvalue weighted by Gasteiger charge is -2.19. The highest BCUT2D eigenvalue weighted by Gasteiger charge is 2.30. The van der Waals surface area contributed by atoms with Crippen LogP contribution in [0.3, 0.4) is 0 Å². The van der Waals surface area contributed by atoms with Gasteiger partial charge in [0.1, 0.15) is 5.82 Å². The lowest BCUT2D eigenvalue weighted by molar-refractivity contribution is -0.123. The quantitative estimate of drug-likeness (QED) is 0.419. The molecule has 1 amide bonds. The van der Waals surface area contributed by atoms with Gasteiger partial charge >= 0.3 is 5.97 Å². The van der Waals surface area contributed by atoms with Gasteiger partial charge in [-0.25, -0.2) is 9.18 Å². The third-order valence-corrected chi connectivity index (χ3v) is 5.49. The Labute approximate surface area is 190 Å². The first-order valence-corrected chi connectivity index (χ1v) is 10.3. The molecule has 32 heavy (non-hydrogen) atoms. The highest BCUT2D eigenvalue weighted by molar-refractivity contribution is 9.10. The average molecular weight is 496 g/mol. The van der Waals surface area contributed by atoms with Crippen molar-refractivity contribution in [1.29, 1.82) is 0 Å². The van der Waals surface area contributed by atoms with Crippen LogP contribution in [0.4, 0.5) is 10.1 Å². The van der Waals surface area contributed by atoms with E-state index in [2.05, 4.69) is 21.2 Å². The predicted octanol–water partition coefficient (Wildman–Crippen LogP) is 4.55. The Hall–Kier alpha value is -3.65. The maximum absolute atomic E-state index is 13.9. The zero-order chi connectivity index (χ0) is 23.0. The normalized spacial score (nSPS) is 13.1. The summed E-state index contributed by atoms with van der Waals surface area (Å²) >= 11 is 3.15. The highest BCUT2D eigenvalue weighted by Crippen LogP contribution is 2.29. The van der Waals surface area contributed by atoms with Crippen molar-refractivity contribution in [1.82, 2.24) is 0 Å². The highest BCUT2D eigenvalue weighted by atomic mass is 79.9. The standard InChI is InChI=1S/C24H15BrFNO5/c1-12(32-24(31)19-10-13(25)6-9-20(19)26)23(30)27-14-7-8-17-18(11-14)22(29)16-5-3-2-4-15(16)21(17)28/h2-12H,1H3,(H,27,30). The van der Waals surface area contributed by atoms with Gasteiger partial charge in [-0.15, -0.1) is 0 Å². The minimum absolute atomic E-state index is 0.173. The van der Waals surface area contributed by atoms with E-state index in [0.29, 0.717) is 15.6 Å². The van der Waals surface area contributed by atoms with Crippen molar-refractivity contribution in [2.45, 2.75) is 13.0 Å². The molecule has 4 rings (SSSR count). The summed E-state index contributed by atoms with van der Waals surface area (Å²) in [7, 11) is 0. The molecule has 0 radical (unpaired) electrons. The molecule has 1 unspecified atom stereocenters. The molecule has 1 aliphatic rings. The number of hydrogen-bond acceptors (Lipinski definition) is 5. The Morgan fingerprint density at radius 2 is 1.53 bits per heavy atom. The number of esters is 1. The molecule has 8 heteroatoms. The van der Waals surface area contributed by atoms with Crippen molar-refractivity contribution in [3.63, 3.8) is 0 Å². The van der Waals surface area contributed by atoms with Crippen molar-refractivity contribution < 1.29 is 28.3 Å². The van der Waals surface area contributed by atoms with Crippen LogP contribution in [-0.4, -0.2) is 29.5 Å². The van der Waals surface area contributed by atoms with E-state index in [1.54, 1.807) is 24.3 Å². The van der Waals surface area contributed by atoms with E-state index in [-0.39, 0.29) is 33.9 Å². The molecule has 1 N–H and O–H groups in total. The van der Waals surface area contributed by atoms with Gasteiger partial charge in [-0.1, -0.05) is 40.2 Å². The minimum atomic E-state index is -1.24. The van der Waals surface area contributed by atoms with Gasteiger partial charge in [0.25, 0.3) is 5.91 Å². The summed E-state index contributed by atoms with van der Waals surface area (Å²) in [5.41, 5.74) is 0.999. The zero-order valence-corrected chi connectivity index (χ0v) is 18.2. The summed E-state index contributed by atoms with van der Waals surface area (Å²) in [6.45, 7) is 1.34. The molecule has 1 aliphatic carbocycles. The molecule has 0 bridgehead atoms. The van der Waals surface area contributed by atoms with Crippen LogP contribution in [0, 0.1) is 5.82 Å². The van der Waals surface area contributed by atoms with E-state index in [4.69, 9.17) is 4.74 Å². The van der Waals surface area contributed by atoms with Crippen molar-refractivity contribution in [3.05, 3.63) is 98.8 Å². The molecular weight excluding hydrogens is 481 g/mol. The summed E-state index contributed by atoms with van der Waals surface area (Å²) < 4.78 is 19.4. The molecule has 6 nitrogen and oxygen atoms in total. The number of ether oxygens (including phenoxy) is 1. The third-order valence-electron chi connectivity index (χ3n) is 4.99. The first-order chi connectivity index (χ1) is 15.3. The van der Waals surface area contributed by atoms with Crippen LogP contribution in [0.15, 0.2) is 65.1 Å². The van der Waals surface area contributed by atoms with Crippen LogP contribution in [0.2, 0.25) is 0 Å². The van der Waals surface area contributed by atoms with Gasteiger partial charge in [-0.2, -0.15) is 0 Å². The van der Waals surface area contributed by atoms with Crippen LogP contribution in [0.1, 0.15) is 49.1 Å². The molecule has 0 saturated carbocycles. The second-order valence-electron chi connectivity index (χ2n) is 7.13. The fourth-order valence-corrected chi connectivity index (χ4v) is 3.71. The summed E-state index contributed by atoms with van der Waals surface area (Å²) in [5.74, 6) is -3.04. The number of anilines is 1. The Morgan fingerprint density at radius 1 is 0.906 bits per heavy atom. The van der Waals surface area contributed by atoms with Crippen LogP contribution in [0.5, 0.6) is 0 Å². The van der Waals surface area contributed by atoms with E-state index in [9.17, 15) is 23.6 Å². The lowest BCUT2D eigenvalue weighted by atomic mass is 9.84. The Balaban J connectivity index is 1.50. The van der Waals surface area contributed by atoms with Crippen LogP contribution >= 0.6 is 15.9 Å². The molecule has 3 aromatic rings. The number of nitrogens with one attached hydrogen (secondary N) is 1. The monoisotopic (exact) mass is 495 g/mol. The molecule has 1 atom stereocenters. The maximum Gasteiger partial charge on any atom is 0.341 e. The van der Waals surface area contributed by atoms with E-state index in [1.807, 2.05) is 0 Å². The first-order valence-electron chi connectivity index (χ1n) is 9.55.